The fraction of sp³-hybridized carbons (Fsp3) is 0.500. The van der Waals surface area contributed by atoms with Crippen LogP contribution < -0.4 is 5.32 Å². The first kappa shape index (κ1) is 12.9. The van der Waals surface area contributed by atoms with Gasteiger partial charge in [-0.05, 0) is 44.7 Å². The molecule has 2 rings (SSSR count). The lowest BCUT2D eigenvalue weighted by Crippen LogP contribution is -2.34. The van der Waals surface area contributed by atoms with Crippen LogP contribution in [0, 0.1) is 0 Å². The summed E-state index contributed by atoms with van der Waals surface area (Å²) in [5.74, 6) is 0.431. The van der Waals surface area contributed by atoms with Gasteiger partial charge in [0, 0.05) is 6.04 Å². The van der Waals surface area contributed by atoms with Crippen molar-refractivity contribution in [3.63, 3.8) is 0 Å². The topological polar surface area (TPSA) is 62.5 Å². The molecule has 18 heavy (non-hydrogen) atoms. The second-order valence-corrected chi connectivity index (χ2v) is 4.64. The van der Waals surface area contributed by atoms with Crippen LogP contribution in [0.15, 0.2) is 28.2 Å². The number of aliphatic hydroxyl groups excluding tert-OH is 1. The molecule has 0 aliphatic heterocycles. The summed E-state index contributed by atoms with van der Waals surface area (Å²) in [6.45, 7) is 1.80. The van der Waals surface area contributed by atoms with E-state index in [9.17, 15) is 4.79 Å². The van der Waals surface area contributed by atoms with Crippen LogP contribution in [0.1, 0.15) is 48.9 Å². The van der Waals surface area contributed by atoms with Crippen LogP contribution >= 0.6 is 0 Å². The molecule has 0 saturated heterocycles. The van der Waals surface area contributed by atoms with Gasteiger partial charge in [-0.3, -0.25) is 4.79 Å². The predicted molar refractivity (Wildman–Crippen MR) is 68.1 cm³/mol. The van der Waals surface area contributed by atoms with E-state index in [1.807, 2.05) is 6.92 Å². The largest absolute Gasteiger partial charge is 0.453 e. The summed E-state index contributed by atoms with van der Waals surface area (Å²) in [5, 5.41) is 11.8. The molecular weight excluding hydrogens is 230 g/mol. The van der Waals surface area contributed by atoms with Crippen LogP contribution in [0.5, 0.6) is 0 Å². The summed E-state index contributed by atoms with van der Waals surface area (Å²) in [4.78, 5) is 11.9. The number of amides is 1. The Kier molecular flexibility index (Phi) is 4.20. The highest BCUT2D eigenvalue weighted by Crippen LogP contribution is 2.20. The Balaban J connectivity index is 1.96. The third-order valence-electron chi connectivity index (χ3n) is 3.27. The summed E-state index contributed by atoms with van der Waals surface area (Å²) in [5.41, 5.74) is 1.29. The second kappa shape index (κ2) is 5.87. The van der Waals surface area contributed by atoms with Crippen LogP contribution in [0.2, 0.25) is 0 Å². The minimum Gasteiger partial charge on any atom is -0.453 e. The molecule has 1 heterocycles. The highest BCUT2D eigenvalue weighted by molar-refractivity contribution is 5.91. The van der Waals surface area contributed by atoms with Crippen molar-refractivity contribution in [2.45, 2.75) is 45.3 Å². The van der Waals surface area contributed by atoms with Crippen molar-refractivity contribution < 1.29 is 14.3 Å². The number of hydrogen-bond donors (Lipinski definition) is 2. The summed E-state index contributed by atoms with van der Waals surface area (Å²) >= 11 is 0. The van der Waals surface area contributed by atoms with E-state index in [0.29, 0.717) is 5.76 Å². The zero-order valence-corrected chi connectivity index (χ0v) is 10.6. The molecule has 0 bridgehead atoms. The van der Waals surface area contributed by atoms with Gasteiger partial charge in [0.25, 0.3) is 5.91 Å². The summed E-state index contributed by atoms with van der Waals surface area (Å²) in [7, 11) is 0. The highest BCUT2D eigenvalue weighted by atomic mass is 16.4. The zero-order valence-electron chi connectivity index (χ0n) is 10.6. The smallest absolute Gasteiger partial charge is 0.287 e. The van der Waals surface area contributed by atoms with Gasteiger partial charge in [-0.25, -0.2) is 0 Å². The van der Waals surface area contributed by atoms with E-state index in [1.165, 1.54) is 18.4 Å². The normalized spacial score (nSPS) is 17.1. The van der Waals surface area contributed by atoms with E-state index >= 15 is 0 Å². The van der Waals surface area contributed by atoms with Gasteiger partial charge < -0.3 is 14.8 Å². The molecule has 4 nitrogen and oxygen atoms in total. The summed E-state index contributed by atoms with van der Waals surface area (Å²) in [6.07, 6.45) is 6.81. The van der Waals surface area contributed by atoms with E-state index in [1.54, 1.807) is 12.1 Å². The Morgan fingerprint density at radius 2 is 2.33 bits per heavy atom. The SMILES string of the molecule is CC(NC(=O)c1ccc(CO)o1)C1=CCCCC1. The monoisotopic (exact) mass is 249 g/mol. The van der Waals surface area contributed by atoms with Gasteiger partial charge in [-0.15, -0.1) is 0 Å². The van der Waals surface area contributed by atoms with Crippen LogP contribution in [-0.2, 0) is 6.61 Å². The molecule has 2 N–H and O–H groups in total. The van der Waals surface area contributed by atoms with Crippen LogP contribution in [0.4, 0.5) is 0 Å². The van der Waals surface area contributed by atoms with E-state index in [2.05, 4.69) is 11.4 Å². The molecule has 1 aliphatic rings. The van der Waals surface area contributed by atoms with Gasteiger partial charge in [-0.2, -0.15) is 0 Å². The van der Waals surface area contributed by atoms with Crippen LogP contribution in [-0.4, -0.2) is 17.1 Å². The molecule has 0 fully saturated rings. The molecule has 1 atom stereocenters. The Bertz CT molecular complexity index is 448. The molecular formula is C14H19NO3. The molecule has 0 saturated carbocycles. The van der Waals surface area contributed by atoms with Gasteiger partial charge in [0.1, 0.15) is 12.4 Å². The van der Waals surface area contributed by atoms with Crippen molar-refractivity contribution in [1.29, 1.82) is 0 Å². The van der Waals surface area contributed by atoms with E-state index < -0.39 is 0 Å². The first-order valence-electron chi connectivity index (χ1n) is 6.40. The maximum absolute atomic E-state index is 11.9. The molecule has 1 aromatic heterocycles. The van der Waals surface area contributed by atoms with Gasteiger partial charge >= 0.3 is 0 Å². The highest BCUT2D eigenvalue weighted by Gasteiger charge is 2.17. The fourth-order valence-electron chi connectivity index (χ4n) is 2.20. The Morgan fingerprint density at radius 3 is 2.94 bits per heavy atom. The van der Waals surface area contributed by atoms with E-state index in [0.717, 1.165) is 12.8 Å². The summed E-state index contributed by atoms with van der Waals surface area (Å²) in [6, 6.07) is 3.24. The minimum absolute atomic E-state index is 0.0421. The average molecular weight is 249 g/mol. The number of hydrogen-bond acceptors (Lipinski definition) is 3. The van der Waals surface area contributed by atoms with Crippen LogP contribution in [0.25, 0.3) is 0 Å². The molecule has 1 aliphatic carbocycles. The van der Waals surface area contributed by atoms with Crippen molar-refractivity contribution in [1.82, 2.24) is 5.32 Å². The Labute approximate surface area is 107 Å². The van der Waals surface area contributed by atoms with Crippen molar-refractivity contribution in [2.75, 3.05) is 0 Å². The lowest BCUT2D eigenvalue weighted by atomic mass is 9.95. The third-order valence-corrected chi connectivity index (χ3v) is 3.27. The Morgan fingerprint density at radius 1 is 1.50 bits per heavy atom. The zero-order chi connectivity index (χ0) is 13.0. The molecule has 4 heteroatoms. The molecule has 0 aromatic carbocycles. The van der Waals surface area contributed by atoms with Gasteiger partial charge in [0.2, 0.25) is 0 Å². The van der Waals surface area contributed by atoms with E-state index in [4.69, 9.17) is 9.52 Å². The fourth-order valence-corrected chi connectivity index (χ4v) is 2.20. The molecule has 98 valence electrons. The first-order chi connectivity index (χ1) is 8.70. The number of furan rings is 1. The maximum Gasteiger partial charge on any atom is 0.287 e. The molecule has 0 radical (unpaired) electrons. The lowest BCUT2D eigenvalue weighted by molar-refractivity contribution is 0.0912. The number of carbonyl (C=O) groups is 1. The first-order valence-corrected chi connectivity index (χ1v) is 6.40. The number of rotatable bonds is 4. The van der Waals surface area contributed by atoms with Crippen molar-refractivity contribution in [2.24, 2.45) is 0 Å². The molecule has 0 spiro atoms. The van der Waals surface area contributed by atoms with Crippen molar-refractivity contribution >= 4 is 5.91 Å². The number of aliphatic hydroxyl groups is 1. The van der Waals surface area contributed by atoms with Crippen LogP contribution in [0.3, 0.4) is 0 Å². The van der Waals surface area contributed by atoms with Gasteiger partial charge in [0.15, 0.2) is 5.76 Å². The Hall–Kier alpha value is -1.55. The number of carbonyl (C=O) groups excluding carboxylic acids is 1. The second-order valence-electron chi connectivity index (χ2n) is 4.64. The van der Waals surface area contributed by atoms with Crippen molar-refractivity contribution in [3.8, 4) is 0 Å². The molecule has 1 amide bonds. The van der Waals surface area contributed by atoms with Gasteiger partial charge in [-0.1, -0.05) is 11.6 Å². The molecule has 1 aromatic rings. The lowest BCUT2D eigenvalue weighted by Gasteiger charge is -2.20. The number of allylic oxidation sites excluding steroid dienone is 1. The third kappa shape index (κ3) is 3.01. The van der Waals surface area contributed by atoms with Crippen molar-refractivity contribution in [3.05, 3.63) is 35.3 Å². The maximum atomic E-state index is 11.9. The van der Waals surface area contributed by atoms with Gasteiger partial charge in [0.05, 0.1) is 0 Å². The molecule has 1 unspecified atom stereocenters. The predicted octanol–water partition coefficient (Wildman–Crippen LogP) is 2.39. The minimum atomic E-state index is -0.228. The van der Waals surface area contributed by atoms with E-state index in [-0.39, 0.29) is 24.3 Å². The standard InChI is InChI=1S/C14H19NO3/c1-10(11-5-3-2-4-6-11)15-14(17)13-8-7-12(9-16)18-13/h5,7-8,10,16H,2-4,6,9H2,1H3,(H,15,17). The average Bonchev–Trinajstić information content (AvgIpc) is 2.88. The quantitative estimate of drug-likeness (QED) is 0.805. The summed E-state index contributed by atoms with van der Waals surface area (Å²) < 4.78 is 5.20. The number of nitrogens with one attached hydrogen (secondary N) is 1.